The van der Waals surface area contributed by atoms with Crippen LogP contribution in [0.2, 0.25) is 0 Å². The molecule has 4 nitrogen and oxygen atoms in total. The van der Waals surface area contributed by atoms with Gasteiger partial charge in [0.15, 0.2) is 0 Å². The number of nitrogens with one attached hydrogen (secondary N) is 3. The molecule has 0 fully saturated rings. The van der Waals surface area contributed by atoms with E-state index in [1.807, 2.05) is 0 Å². The first-order chi connectivity index (χ1) is 15.3. The van der Waals surface area contributed by atoms with Crippen LogP contribution in [0.4, 0.5) is 11.4 Å². The van der Waals surface area contributed by atoms with Gasteiger partial charge in [-0.2, -0.15) is 0 Å². The number of hydrogen-bond donors (Lipinski definition) is 3. The Labute approximate surface area is 189 Å². The zero-order valence-corrected chi connectivity index (χ0v) is 19.4. The van der Waals surface area contributed by atoms with Gasteiger partial charge in [-0.05, 0) is 58.5 Å². The summed E-state index contributed by atoms with van der Waals surface area (Å²) in [6, 6.07) is 20.0. The number of aromatic amines is 1. The summed E-state index contributed by atoms with van der Waals surface area (Å²) >= 11 is 0. The number of fused-ring (bicyclic) bond motifs is 3. The van der Waals surface area contributed by atoms with Crippen LogP contribution in [0, 0.1) is 0 Å². The number of imidazole rings is 1. The van der Waals surface area contributed by atoms with Gasteiger partial charge in [0.1, 0.15) is 12.0 Å². The number of nitrogens with zero attached hydrogens (tertiary/aromatic N) is 1. The van der Waals surface area contributed by atoms with Crippen molar-refractivity contribution in [1.82, 2.24) is 9.97 Å². The predicted molar refractivity (Wildman–Crippen MR) is 133 cm³/mol. The first-order valence-corrected chi connectivity index (χ1v) is 11.6. The van der Waals surface area contributed by atoms with Crippen LogP contribution in [0.1, 0.15) is 69.7 Å². The van der Waals surface area contributed by atoms with Gasteiger partial charge in [-0.15, -0.1) is 0 Å². The quantitative estimate of drug-likeness (QED) is 0.330. The third kappa shape index (κ3) is 2.85. The minimum atomic E-state index is 0.00540. The zero-order valence-electron chi connectivity index (χ0n) is 19.4. The molecule has 3 aromatic carbocycles. The van der Waals surface area contributed by atoms with Crippen molar-refractivity contribution >= 4 is 22.4 Å². The van der Waals surface area contributed by atoms with E-state index in [-0.39, 0.29) is 17.0 Å². The molecule has 0 amide bonds. The lowest BCUT2D eigenvalue weighted by Crippen LogP contribution is -2.12. The second-order valence-electron chi connectivity index (χ2n) is 10.5. The van der Waals surface area contributed by atoms with Crippen molar-refractivity contribution in [2.45, 2.75) is 58.0 Å². The van der Waals surface area contributed by atoms with Crippen molar-refractivity contribution < 1.29 is 0 Å². The van der Waals surface area contributed by atoms with Crippen molar-refractivity contribution in [2.24, 2.45) is 0 Å². The van der Waals surface area contributed by atoms with E-state index in [4.69, 9.17) is 4.98 Å². The maximum absolute atomic E-state index is 4.77. The molecule has 2 unspecified atom stereocenters. The van der Waals surface area contributed by atoms with Crippen molar-refractivity contribution in [2.75, 3.05) is 10.6 Å². The minimum absolute atomic E-state index is 0.00540. The average Bonchev–Trinajstić information content (AvgIpc) is 3.13. The summed E-state index contributed by atoms with van der Waals surface area (Å²) < 4.78 is 0. The van der Waals surface area contributed by atoms with Crippen LogP contribution in [0.15, 0.2) is 54.6 Å². The van der Waals surface area contributed by atoms with Crippen LogP contribution < -0.4 is 10.6 Å². The van der Waals surface area contributed by atoms with Crippen LogP contribution >= 0.6 is 0 Å². The summed E-state index contributed by atoms with van der Waals surface area (Å²) in [7, 11) is 0. The molecule has 2 atom stereocenters. The fourth-order valence-corrected chi connectivity index (χ4v) is 4.96. The Morgan fingerprint density at radius 3 is 2.41 bits per heavy atom. The molecular formula is C28H30N4. The number of benzene rings is 3. The van der Waals surface area contributed by atoms with Gasteiger partial charge in [-0.1, -0.05) is 65.0 Å². The maximum Gasteiger partial charge on any atom is 0.123 e. The largest absolute Gasteiger partial charge is 0.360 e. The highest BCUT2D eigenvalue weighted by molar-refractivity contribution is 5.86. The molecule has 4 aromatic rings. The topological polar surface area (TPSA) is 52.7 Å². The Hall–Kier alpha value is -3.27. The Morgan fingerprint density at radius 1 is 0.875 bits per heavy atom. The number of anilines is 2. The van der Waals surface area contributed by atoms with E-state index in [9.17, 15) is 0 Å². The fraction of sp³-hybridized carbons (Fsp3) is 0.321. The first kappa shape index (κ1) is 19.4. The van der Waals surface area contributed by atoms with Crippen LogP contribution in [-0.4, -0.2) is 9.97 Å². The van der Waals surface area contributed by atoms with Gasteiger partial charge in [-0.3, -0.25) is 0 Å². The summed E-state index contributed by atoms with van der Waals surface area (Å²) in [5.41, 5.74) is 11.4. The molecule has 4 heteroatoms. The molecule has 6 rings (SSSR count). The van der Waals surface area contributed by atoms with Gasteiger partial charge in [0.2, 0.25) is 0 Å². The van der Waals surface area contributed by atoms with E-state index in [0.29, 0.717) is 0 Å². The second-order valence-corrected chi connectivity index (χ2v) is 10.5. The molecular weight excluding hydrogens is 392 g/mol. The smallest absolute Gasteiger partial charge is 0.123 e. The van der Waals surface area contributed by atoms with Gasteiger partial charge in [0.25, 0.3) is 0 Å². The molecule has 0 radical (unpaired) electrons. The van der Waals surface area contributed by atoms with E-state index in [1.165, 1.54) is 34.2 Å². The number of aromatic nitrogens is 2. The molecule has 0 saturated carbocycles. The highest BCUT2D eigenvalue weighted by Gasteiger charge is 2.44. The van der Waals surface area contributed by atoms with Gasteiger partial charge >= 0.3 is 0 Å². The van der Waals surface area contributed by atoms with Gasteiger partial charge in [-0.25, -0.2) is 4.98 Å². The van der Waals surface area contributed by atoms with Gasteiger partial charge in [0, 0.05) is 10.8 Å². The van der Waals surface area contributed by atoms with Crippen molar-refractivity contribution in [3.8, 4) is 11.1 Å². The molecule has 32 heavy (non-hydrogen) atoms. The van der Waals surface area contributed by atoms with Crippen molar-refractivity contribution in [3.05, 3.63) is 77.1 Å². The summed E-state index contributed by atoms with van der Waals surface area (Å²) in [6.45, 7) is 11.2. The summed E-state index contributed by atoms with van der Waals surface area (Å²) in [5, 5.41) is 7.33. The van der Waals surface area contributed by atoms with E-state index in [0.717, 1.165) is 28.2 Å². The van der Waals surface area contributed by atoms with Crippen LogP contribution in [0.3, 0.4) is 0 Å². The Bertz CT molecular complexity index is 1370. The second kappa shape index (κ2) is 6.38. The Kier molecular flexibility index (Phi) is 3.87. The lowest BCUT2D eigenvalue weighted by atomic mass is 9.96. The Balaban J connectivity index is 1.28. The first-order valence-electron chi connectivity index (χ1n) is 11.6. The molecule has 0 saturated heterocycles. The molecule has 162 valence electrons. The lowest BCUT2D eigenvalue weighted by Gasteiger charge is -2.13. The molecule has 1 aliphatic heterocycles. The van der Waals surface area contributed by atoms with Gasteiger partial charge in [0.05, 0.1) is 22.4 Å². The van der Waals surface area contributed by atoms with Gasteiger partial charge < -0.3 is 15.6 Å². The lowest BCUT2D eigenvalue weighted by molar-refractivity contribution is 0.554. The molecule has 0 spiro atoms. The number of rotatable bonds is 3. The van der Waals surface area contributed by atoms with Crippen LogP contribution in [-0.2, 0) is 10.8 Å². The summed E-state index contributed by atoms with van der Waals surface area (Å²) in [4.78, 5) is 8.28. The predicted octanol–water partition coefficient (Wildman–Crippen LogP) is 7.09. The Morgan fingerprint density at radius 2 is 1.62 bits per heavy atom. The highest BCUT2D eigenvalue weighted by atomic mass is 15.2. The van der Waals surface area contributed by atoms with E-state index < -0.39 is 0 Å². The fourth-order valence-electron chi connectivity index (χ4n) is 4.96. The molecule has 3 N–H and O–H groups in total. The standard InChI is InChI=1S/C28H30N4/c1-6-28(5)19-10-7-18(13-20(19)28)25-29-21-11-8-16(14-23(21)30-25)17-9-12-22-24(15-17)32-26(31-22)27(2,3)4/h7-15,25,29-30H,6H2,1-5H3,(H,31,32). The molecule has 1 aromatic heterocycles. The number of hydrogen-bond acceptors (Lipinski definition) is 3. The monoisotopic (exact) mass is 422 g/mol. The summed E-state index contributed by atoms with van der Waals surface area (Å²) in [5.74, 6) is 1.02. The van der Waals surface area contributed by atoms with Crippen LogP contribution in [0.25, 0.3) is 22.2 Å². The van der Waals surface area contributed by atoms with E-state index >= 15 is 0 Å². The minimum Gasteiger partial charge on any atom is -0.360 e. The number of H-pyrrole nitrogens is 1. The summed E-state index contributed by atoms with van der Waals surface area (Å²) in [6.07, 6.45) is 1.27. The van der Waals surface area contributed by atoms with E-state index in [1.54, 1.807) is 0 Å². The zero-order chi connectivity index (χ0) is 22.3. The third-order valence-corrected chi connectivity index (χ3v) is 7.36. The maximum atomic E-state index is 4.77. The normalized spacial score (nSPS) is 21.1. The van der Waals surface area contributed by atoms with E-state index in [2.05, 4.69) is 105 Å². The third-order valence-electron chi connectivity index (χ3n) is 7.36. The molecule has 2 aliphatic rings. The van der Waals surface area contributed by atoms with Crippen molar-refractivity contribution in [1.29, 1.82) is 0 Å². The molecule has 1 aliphatic carbocycles. The van der Waals surface area contributed by atoms with Crippen molar-refractivity contribution in [3.63, 3.8) is 0 Å². The SMILES string of the molecule is CCC1(C)c2ccc(C3Nc4ccc(-c5ccc6nc(C(C)(C)C)[nH]c6c5)cc4N3)cc21. The van der Waals surface area contributed by atoms with Crippen LogP contribution in [0.5, 0.6) is 0 Å². The highest BCUT2D eigenvalue weighted by Crippen LogP contribution is 2.53. The molecule has 2 heterocycles. The average molecular weight is 423 g/mol. The molecule has 0 bridgehead atoms.